The fraction of sp³-hybridized carbons (Fsp3) is 0.391. The van der Waals surface area contributed by atoms with Gasteiger partial charge in [0.2, 0.25) is 0 Å². The van der Waals surface area contributed by atoms with Crippen LogP contribution in [0.2, 0.25) is 0 Å². The van der Waals surface area contributed by atoms with Crippen LogP contribution in [0.4, 0.5) is 15.8 Å². The number of hydrogen-bond donors (Lipinski definition) is 3. The van der Waals surface area contributed by atoms with Gasteiger partial charge in [-0.2, -0.15) is 0 Å². The summed E-state index contributed by atoms with van der Waals surface area (Å²) in [6.45, 7) is 6.26. The molecule has 0 aliphatic heterocycles. The quantitative estimate of drug-likeness (QED) is 0.367. The molecule has 0 atom stereocenters. The number of aliphatic hydroxyl groups excluding tert-OH is 1. The molecule has 0 bridgehead atoms. The fourth-order valence-corrected chi connectivity index (χ4v) is 3.38. The molecule has 0 unspecified atom stereocenters. The fourth-order valence-electron chi connectivity index (χ4n) is 3.38. The first-order valence-electron chi connectivity index (χ1n) is 10.6. The number of rotatable bonds is 8. The van der Waals surface area contributed by atoms with Crippen LogP contribution in [-0.2, 0) is 11.4 Å². The summed E-state index contributed by atoms with van der Waals surface area (Å²) >= 11 is 0. The van der Waals surface area contributed by atoms with E-state index in [1.807, 2.05) is 31.4 Å². The number of carbonyl (C=O) groups is 1. The van der Waals surface area contributed by atoms with Crippen molar-refractivity contribution < 1.29 is 19.1 Å². The van der Waals surface area contributed by atoms with Gasteiger partial charge in [0.1, 0.15) is 11.5 Å². The highest BCUT2D eigenvalue weighted by Gasteiger charge is 2.29. The van der Waals surface area contributed by atoms with Gasteiger partial charge in [-0.3, -0.25) is 14.6 Å². The van der Waals surface area contributed by atoms with E-state index in [1.54, 1.807) is 24.5 Å². The van der Waals surface area contributed by atoms with E-state index in [0.29, 0.717) is 23.8 Å². The molecule has 0 radical (unpaired) electrons. The number of hydroxylamine groups is 1. The smallest absolute Gasteiger partial charge is 0.293 e. The minimum atomic E-state index is -0.467. The molecule has 3 N–H and O–H groups in total. The number of aryl methyl sites for hydroxylation is 1. The van der Waals surface area contributed by atoms with Crippen LogP contribution in [0.1, 0.15) is 42.7 Å². The molecule has 1 fully saturated rings. The number of nitrogens with one attached hydrogen (secondary N) is 2. The van der Waals surface area contributed by atoms with E-state index >= 15 is 0 Å². The van der Waals surface area contributed by atoms with Crippen molar-refractivity contribution in [3.05, 3.63) is 53.7 Å². The zero-order valence-corrected chi connectivity index (χ0v) is 18.1. The summed E-state index contributed by atoms with van der Waals surface area (Å²) in [6.07, 6.45) is 5.56. The second-order valence-corrected chi connectivity index (χ2v) is 7.28. The Morgan fingerprint density at radius 2 is 2.10 bits per heavy atom. The van der Waals surface area contributed by atoms with Gasteiger partial charge in [0.15, 0.2) is 0 Å². The molecule has 0 saturated heterocycles. The first-order chi connectivity index (χ1) is 15.1. The van der Waals surface area contributed by atoms with E-state index in [9.17, 15) is 9.18 Å². The summed E-state index contributed by atoms with van der Waals surface area (Å²) in [5.74, 6) is -0.363. The standard InChI is InChI=1S/C21H23FN4O3.C2H6/c1-13-2-5-17(16(22)10-13)24-19-15-11-23-7-6-18(15)26(12-14-3-4-14)20(19)21(28)25-29-9-8-27;1-2/h2,5-7,10-11,14,24,27H,3-4,8-9,12H2,1H3,(H,25,28);1-2H3. The van der Waals surface area contributed by atoms with Crippen LogP contribution in [-0.4, -0.2) is 33.8 Å². The third-order valence-electron chi connectivity index (χ3n) is 4.96. The maximum absolute atomic E-state index is 14.5. The Bertz CT molecular complexity index is 1050. The number of aliphatic hydroxyl groups is 1. The number of fused-ring (bicyclic) bond motifs is 1. The van der Waals surface area contributed by atoms with Crippen LogP contribution in [0.25, 0.3) is 10.9 Å². The topological polar surface area (TPSA) is 88.4 Å². The number of halogens is 1. The van der Waals surface area contributed by atoms with Gasteiger partial charge in [-0.15, -0.1) is 0 Å². The van der Waals surface area contributed by atoms with E-state index in [0.717, 1.165) is 29.3 Å². The Labute approximate surface area is 181 Å². The highest BCUT2D eigenvalue weighted by atomic mass is 19.1. The highest BCUT2D eigenvalue weighted by Crippen LogP contribution is 2.38. The van der Waals surface area contributed by atoms with Crippen molar-refractivity contribution in [3.63, 3.8) is 0 Å². The van der Waals surface area contributed by atoms with Gasteiger partial charge in [0, 0.05) is 24.3 Å². The van der Waals surface area contributed by atoms with Gasteiger partial charge in [-0.1, -0.05) is 19.9 Å². The normalized spacial score (nSPS) is 12.9. The second kappa shape index (κ2) is 10.4. The zero-order valence-electron chi connectivity index (χ0n) is 18.1. The molecule has 166 valence electrons. The number of carbonyl (C=O) groups excluding carboxylic acids is 1. The van der Waals surface area contributed by atoms with Crippen LogP contribution in [0.5, 0.6) is 0 Å². The van der Waals surface area contributed by atoms with E-state index in [1.165, 1.54) is 6.07 Å². The van der Waals surface area contributed by atoms with Crippen molar-refractivity contribution in [1.82, 2.24) is 15.0 Å². The summed E-state index contributed by atoms with van der Waals surface area (Å²) in [6, 6.07) is 6.74. The molecule has 2 aromatic heterocycles. The number of pyridine rings is 1. The van der Waals surface area contributed by atoms with Crippen molar-refractivity contribution in [2.24, 2.45) is 5.92 Å². The first-order valence-corrected chi connectivity index (χ1v) is 10.6. The van der Waals surface area contributed by atoms with Gasteiger partial charge in [-0.25, -0.2) is 9.87 Å². The molecule has 8 heteroatoms. The van der Waals surface area contributed by atoms with E-state index < -0.39 is 11.7 Å². The minimum Gasteiger partial charge on any atom is -0.394 e. The van der Waals surface area contributed by atoms with Crippen LogP contribution in [0.15, 0.2) is 36.7 Å². The predicted octanol–water partition coefficient (Wildman–Crippen LogP) is 4.32. The predicted molar refractivity (Wildman–Crippen MR) is 119 cm³/mol. The lowest BCUT2D eigenvalue weighted by Gasteiger charge is -2.13. The number of nitrogens with zero attached hydrogens (tertiary/aromatic N) is 2. The Balaban J connectivity index is 0.00000132. The lowest BCUT2D eigenvalue weighted by molar-refractivity contribution is 0.0162. The van der Waals surface area contributed by atoms with Crippen LogP contribution < -0.4 is 10.8 Å². The maximum Gasteiger partial charge on any atom is 0.293 e. The Morgan fingerprint density at radius 1 is 1.32 bits per heavy atom. The maximum atomic E-state index is 14.5. The van der Waals surface area contributed by atoms with Gasteiger partial charge in [0.25, 0.3) is 5.91 Å². The summed E-state index contributed by atoms with van der Waals surface area (Å²) in [5, 5.41) is 12.7. The highest BCUT2D eigenvalue weighted by molar-refractivity contribution is 6.09. The van der Waals surface area contributed by atoms with Crippen molar-refractivity contribution in [2.45, 2.75) is 40.2 Å². The third kappa shape index (κ3) is 5.21. The van der Waals surface area contributed by atoms with Crippen LogP contribution in [0.3, 0.4) is 0 Å². The Morgan fingerprint density at radius 3 is 2.77 bits per heavy atom. The van der Waals surface area contributed by atoms with Gasteiger partial charge in [0.05, 0.1) is 30.1 Å². The van der Waals surface area contributed by atoms with Crippen molar-refractivity contribution >= 4 is 28.2 Å². The van der Waals surface area contributed by atoms with Gasteiger partial charge >= 0.3 is 0 Å². The molecule has 7 nitrogen and oxygen atoms in total. The van der Waals surface area contributed by atoms with E-state index in [-0.39, 0.29) is 18.9 Å². The van der Waals surface area contributed by atoms with Crippen LogP contribution >= 0.6 is 0 Å². The molecule has 0 spiro atoms. The van der Waals surface area contributed by atoms with Crippen molar-refractivity contribution in [3.8, 4) is 0 Å². The molecule has 1 aliphatic rings. The summed E-state index contributed by atoms with van der Waals surface area (Å²) in [7, 11) is 0. The number of anilines is 2. The SMILES string of the molecule is CC.Cc1ccc(Nc2c(C(=O)NOCCO)n(CC3CC3)c3ccncc23)c(F)c1. The molecule has 4 rings (SSSR count). The van der Waals surface area contributed by atoms with E-state index in [4.69, 9.17) is 9.94 Å². The Kier molecular flexibility index (Phi) is 7.59. The zero-order chi connectivity index (χ0) is 22.4. The first kappa shape index (κ1) is 22.7. The van der Waals surface area contributed by atoms with E-state index in [2.05, 4.69) is 15.8 Å². The average molecular weight is 429 g/mol. The lowest BCUT2D eigenvalue weighted by atomic mass is 10.2. The number of benzene rings is 1. The molecule has 31 heavy (non-hydrogen) atoms. The molecule has 2 heterocycles. The second-order valence-electron chi connectivity index (χ2n) is 7.28. The number of amides is 1. The molecule has 1 saturated carbocycles. The van der Waals surface area contributed by atoms with Crippen molar-refractivity contribution in [1.29, 1.82) is 0 Å². The van der Waals surface area contributed by atoms with Crippen LogP contribution in [0, 0.1) is 18.7 Å². The molecule has 3 aromatic rings. The minimum absolute atomic E-state index is 0.0223. The number of aromatic nitrogens is 2. The monoisotopic (exact) mass is 428 g/mol. The number of hydrogen-bond acceptors (Lipinski definition) is 5. The van der Waals surface area contributed by atoms with Crippen molar-refractivity contribution in [2.75, 3.05) is 18.5 Å². The largest absolute Gasteiger partial charge is 0.394 e. The van der Waals surface area contributed by atoms with Gasteiger partial charge < -0.3 is 15.0 Å². The van der Waals surface area contributed by atoms with Gasteiger partial charge in [-0.05, 0) is 49.4 Å². The molecule has 1 aromatic carbocycles. The summed E-state index contributed by atoms with van der Waals surface area (Å²) < 4.78 is 16.4. The summed E-state index contributed by atoms with van der Waals surface area (Å²) in [5.41, 5.74) is 5.11. The molecule has 1 amide bonds. The summed E-state index contributed by atoms with van der Waals surface area (Å²) in [4.78, 5) is 22.2. The molecule has 1 aliphatic carbocycles. The Hall–Kier alpha value is -2.97. The molecular formula is C23H29FN4O3. The third-order valence-corrected chi connectivity index (χ3v) is 4.96. The average Bonchev–Trinajstić information content (AvgIpc) is 3.54. The molecular weight excluding hydrogens is 399 g/mol. The lowest BCUT2D eigenvalue weighted by Crippen LogP contribution is -2.28.